The third-order valence-corrected chi connectivity index (χ3v) is 3.32. The molecular formula is C13H28N2O. The molecule has 1 rings (SSSR count). The van der Waals surface area contributed by atoms with Gasteiger partial charge < -0.3 is 10.1 Å². The lowest BCUT2D eigenvalue weighted by molar-refractivity contribution is 0.0913. The van der Waals surface area contributed by atoms with E-state index in [0.717, 1.165) is 19.7 Å². The molecule has 16 heavy (non-hydrogen) atoms. The van der Waals surface area contributed by atoms with Gasteiger partial charge in [-0.25, -0.2) is 0 Å². The smallest absolute Gasteiger partial charge is 0.0630 e. The van der Waals surface area contributed by atoms with E-state index in [1.54, 1.807) is 0 Å². The van der Waals surface area contributed by atoms with E-state index in [-0.39, 0.29) is 0 Å². The summed E-state index contributed by atoms with van der Waals surface area (Å²) in [5.74, 6) is 0. The first kappa shape index (κ1) is 13.9. The van der Waals surface area contributed by atoms with Gasteiger partial charge in [-0.05, 0) is 38.9 Å². The molecule has 1 heterocycles. The number of rotatable bonds is 7. The Labute approximate surface area is 101 Å². The van der Waals surface area contributed by atoms with Crippen LogP contribution in [-0.4, -0.2) is 50.8 Å². The van der Waals surface area contributed by atoms with Crippen molar-refractivity contribution in [2.75, 3.05) is 39.9 Å². The summed E-state index contributed by atoms with van der Waals surface area (Å²) in [7, 11) is 1.81. The molecule has 0 saturated carbocycles. The van der Waals surface area contributed by atoms with Crippen LogP contribution >= 0.6 is 0 Å². The first-order valence-electron chi connectivity index (χ1n) is 6.82. The van der Waals surface area contributed by atoms with Crippen LogP contribution in [0.4, 0.5) is 0 Å². The average Bonchev–Trinajstić information content (AvgIpc) is 2.57. The van der Waals surface area contributed by atoms with Crippen molar-refractivity contribution in [2.45, 2.75) is 45.1 Å². The second kappa shape index (κ2) is 8.97. The van der Waals surface area contributed by atoms with Gasteiger partial charge in [0, 0.05) is 19.7 Å². The Bertz CT molecular complexity index is 156. The van der Waals surface area contributed by atoms with E-state index in [2.05, 4.69) is 17.1 Å². The number of hydrogen-bond donors (Lipinski definition) is 1. The molecular weight excluding hydrogens is 200 g/mol. The molecule has 0 aromatic carbocycles. The molecule has 0 spiro atoms. The summed E-state index contributed by atoms with van der Waals surface area (Å²) < 4.78 is 5.35. The topological polar surface area (TPSA) is 24.5 Å². The van der Waals surface area contributed by atoms with Crippen LogP contribution in [0.25, 0.3) is 0 Å². The second-order valence-electron chi connectivity index (χ2n) is 4.76. The third-order valence-electron chi connectivity index (χ3n) is 3.32. The van der Waals surface area contributed by atoms with Crippen LogP contribution in [0.15, 0.2) is 0 Å². The van der Waals surface area contributed by atoms with E-state index < -0.39 is 0 Å². The highest BCUT2D eigenvalue weighted by atomic mass is 16.5. The highest BCUT2D eigenvalue weighted by Crippen LogP contribution is 2.12. The fourth-order valence-electron chi connectivity index (χ4n) is 2.39. The molecule has 1 aliphatic heterocycles. The first-order valence-corrected chi connectivity index (χ1v) is 6.82. The van der Waals surface area contributed by atoms with Gasteiger partial charge in [0.15, 0.2) is 0 Å². The van der Waals surface area contributed by atoms with Crippen LogP contribution in [0.1, 0.15) is 39.0 Å². The van der Waals surface area contributed by atoms with Crippen molar-refractivity contribution < 1.29 is 4.74 Å². The molecule has 1 aliphatic rings. The van der Waals surface area contributed by atoms with Gasteiger partial charge in [0.2, 0.25) is 0 Å². The second-order valence-corrected chi connectivity index (χ2v) is 4.76. The summed E-state index contributed by atoms with van der Waals surface area (Å²) in [5.41, 5.74) is 0. The summed E-state index contributed by atoms with van der Waals surface area (Å²) in [5, 5.41) is 3.52. The zero-order chi connectivity index (χ0) is 11.6. The lowest BCUT2D eigenvalue weighted by Crippen LogP contribution is -2.45. The lowest BCUT2D eigenvalue weighted by atomic mass is 10.2. The predicted octanol–water partition coefficient (Wildman–Crippen LogP) is 1.88. The Morgan fingerprint density at radius 1 is 1.19 bits per heavy atom. The molecule has 0 aliphatic carbocycles. The van der Waals surface area contributed by atoms with E-state index in [1.807, 2.05) is 7.11 Å². The molecule has 0 amide bonds. The molecule has 3 heteroatoms. The normalized spacial score (nSPS) is 20.6. The Kier molecular flexibility index (Phi) is 7.81. The lowest BCUT2D eigenvalue weighted by Gasteiger charge is -2.30. The number of nitrogens with zero attached hydrogens (tertiary/aromatic N) is 1. The van der Waals surface area contributed by atoms with Crippen LogP contribution in [-0.2, 0) is 4.74 Å². The van der Waals surface area contributed by atoms with Crippen LogP contribution in [0.3, 0.4) is 0 Å². The average molecular weight is 228 g/mol. The molecule has 1 atom stereocenters. The first-order chi connectivity index (χ1) is 7.88. The van der Waals surface area contributed by atoms with Crippen molar-refractivity contribution in [1.82, 2.24) is 10.2 Å². The van der Waals surface area contributed by atoms with E-state index in [9.17, 15) is 0 Å². The van der Waals surface area contributed by atoms with Gasteiger partial charge in [-0.1, -0.05) is 19.8 Å². The Morgan fingerprint density at radius 2 is 1.88 bits per heavy atom. The van der Waals surface area contributed by atoms with E-state index >= 15 is 0 Å². The molecule has 1 saturated heterocycles. The maximum atomic E-state index is 5.35. The van der Waals surface area contributed by atoms with Crippen molar-refractivity contribution in [3.05, 3.63) is 0 Å². The summed E-state index contributed by atoms with van der Waals surface area (Å²) >= 11 is 0. The van der Waals surface area contributed by atoms with Crippen molar-refractivity contribution in [2.24, 2.45) is 0 Å². The van der Waals surface area contributed by atoms with Gasteiger partial charge in [-0.2, -0.15) is 0 Å². The SMILES string of the molecule is CCCNCC(COC)N1CCCCCC1. The Hall–Kier alpha value is -0.120. The molecule has 1 N–H and O–H groups in total. The van der Waals surface area contributed by atoms with E-state index in [4.69, 9.17) is 4.74 Å². The van der Waals surface area contributed by atoms with Gasteiger partial charge in [-0.15, -0.1) is 0 Å². The van der Waals surface area contributed by atoms with E-state index in [0.29, 0.717) is 6.04 Å². The van der Waals surface area contributed by atoms with Crippen molar-refractivity contribution >= 4 is 0 Å². The standard InChI is InChI=1S/C13H28N2O/c1-3-8-14-11-13(12-16-2)15-9-6-4-5-7-10-15/h13-14H,3-12H2,1-2H3. The molecule has 0 aromatic heterocycles. The van der Waals surface area contributed by atoms with Crippen LogP contribution in [0.2, 0.25) is 0 Å². The minimum absolute atomic E-state index is 0.564. The van der Waals surface area contributed by atoms with Crippen LogP contribution in [0, 0.1) is 0 Å². The van der Waals surface area contributed by atoms with Gasteiger partial charge in [-0.3, -0.25) is 4.90 Å². The number of ether oxygens (including phenoxy) is 1. The van der Waals surface area contributed by atoms with Crippen molar-refractivity contribution in [3.8, 4) is 0 Å². The number of nitrogens with one attached hydrogen (secondary N) is 1. The Balaban J connectivity index is 2.33. The van der Waals surface area contributed by atoms with E-state index in [1.165, 1.54) is 45.2 Å². The minimum atomic E-state index is 0.564. The molecule has 1 fully saturated rings. The molecule has 0 radical (unpaired) electrons. The van der Waals surface area contributed by atoms with Gasteiger partial charge in [0.25, 0.3) is 0 Å². The summed E-state index contributed by atoms with van der Waals surface area (Å²) in [4.78, 5) is 2.61. The monoisotopic (exact) mass is 228 g/mol. The van der Waals surface area contributed by atoms with Gasteiger partial charge >= 0.3 is 0 Å². The zero-order valence-corrected chi connectivity index (χ0v) is 11.0. The zero-order valence-electron chi connectivity index (χ0n) is 11.0. The summed E-state index contributed by atoms with van der Waals surface area (Å²) in [6.45, 7) is 7.76. The highest BCUT2D eigenvalue weighted by molar-refractivity contribution is 4.75. The summed E-state index contributed by atoms with van der Waals surface area (Å²) in [6, 6.07) is 0.564. The number of hydrogen-bond acceptors (Lipinski definition) is 3. The largest absolute Gasteiger partial charge is 0.383 e. The highest BCUT2D eigenvalue weighted by Gasteiger charge is 2.18. The maximum Gasteiger partial charge on any atom is 0.0630 e. The predicted molar refractivity (Wildman–Crippen MR) is 68.9 cm³/mol. The van der Waals surface area contributed by atoms with Gasteiger partial charge in [0.1, 0.15) is 0 Å². The minimum Gasteiger partial charge on any atom is -0.383 e. The van der Waals surface area contributed by atoms with Crippen molar-refractivity contribution in [3.63, 3.8) is 0 Å². The molecule has 3 nitrogen and oxygen atoms in total. The third kappa shape index (κ3) is 5.28. The van der Waals surface area contributed by atoms with Crippen LogP contribution in [0.5, 0.6) is 0 Å². The van der Waals surface area contributed by atoms with Gasteiger partial charge in [0.05, 0.1) is 6.61 Å². The molecule has 96 valence electrons. The summed E-state index contributed by atoms with van der Waals surface area (Å²) in [6.07, 6.45) is 6.72. The number of methoxy groups -OCH3 is 1. The molecule has 0 aromatic rings. The fourth-order valence-corrected chi connectivity index (χ4v) is 2.39. The quantitative estimate of drug-likeness (QED) is 0.673. The maximum absolute atomic E-state index is 5.35. The number of likely N-dealkylation sites (tertiary alicyclic amines) is 1. The molecule has 1 unspecified atom stereocenters. The van der Waals surface area contributed by atoms with Crippen LogP contribution < -0.4 is 5.32 Å². The van der Waals surface area contributed by atoms with Crippen molar-refractivity contribution in [1.29, 1.82) is 0 Å². The fraction of sp³-hybridized carbons (Fsp3) is 1.00. The molecule has 0 bridgehead atoms. The Morgan fingerprint density at radius 3 is 2.44 bits per heavy atom.